The summed E-state index contributed by atoms with van der Waals surface area (Å²) in [5, 5.41) is 2.05. The Kier molecular flexibility index (Phi) is 12.2. The number of likely N-dealkylation sites (N-methyl/N-ethyl adjacent to an activating group) is 2. The Labute approximate surface area is 360 Å². The number of carbonyl (C=O) groups is 4. The number of aryl methyl sites for hydroxylation is 2. The molecule has 61 heavy (non-hydrogen) atoms. The van der Waals surface area contributed by atoms with Crippen molar-refractivity contribution in [3.05, 3.63) is 82.4 Å². The number of amides is 4. The van der Waals surface area contributed by atoms with Crippen LogP contribution in [0.5, 0.6) is 0 Å². The summed E-state index contributed by atoms with van der Waals surface area (Å²) in [6.07, 6.45) is 20.9. The number of fused-ring (bicyclic) bond motifs is 4. The maximum absolute atomic E-state index is 14.0. The van der Waals surface area contributed by atoms with Crippen LogP contribution in [0.3, 0.4) is 0 Å². The highest BCUT2D eigenvalue weighted by molar-refractivity contribution is 6.38. The van der Waals surface area contributed by atoms with Gasteiger partial charge in [0.25, 0.3) is 23.6 Å². The summed E-state index contributed by atoms with van der Waals surface area (Å²) >= 11 is 0. The second-order valence-electron chi connectivity index (χ2n) is 18.7. The smallest absolute Gasteiger partial charge is 0.277 e. The summed E-state index contributed by atoms with van der Waals surface area (Å²) in [7, 11) is 3.27. The summed E-state index contributed by atoms with van der Waals surface area (Å²) < 4.78 is 0. The Morgan fingerprint density at radius 1 is 0.443 bits per heavy atom. The Morgan fingerprint density at radius 3 is 1.20 bits per heavy atom. The number of nitrogens with one attached hydrogen (secondary N) is 2. The highest BCUT2D eigenvalue weighted by Gasteiger charge is 2.43. The van der Waals surface area contributed by atoms with Gasteiger partial charge in [-0.3, -0.25) is 29.0 Å². The van der Waals surface area contributed by atoms with Crippen molar-refractivity contribution in [3.63, 3.8) is 0 Å². The average molecular weight is 825 g/mol. The normalized spacial score (nSPS) is 23.6. The fourth-order valence-electron chi connectivity index (χ4n) is 11.2. The van der Waals surface area contributed by atoms with Crippen LogP contribution in [0.2, 0.25) is 0 Å². The molecule has 2 aromatic carbocycles. The van der Waals surface area contributed by atoms with Gasteiger partial charge in [-0.1, -0.05) is 107 Å². The van der Waals surface area contributed by atoms with Gasteiger partial charge in [-0.2, -0.15) is 0 Å². The molecule has 4 aromatic rings. The summed E-state index contributed by atoms with van der Waals surface area (Å²) in [5.41, 5.74) is 8.40. The predicted molar refractivity (Wildman–Crippen MR) is 242 cm³/mol. The third-order valence-corrected chi connectivity index (χ3v) is 14.8. The number of aromatic amines is 2. The number of imide groups is 2. The minimum atomic E-state index is -0.188. The molecular weight excluding hydrogens is 761 g/mol. The van der Waals surface area contributed by atoms with Crippen molar-refractivity contribution < 1.29 is 19.2 Å². The molecule has 4 amide bonds. The third-order valence-electron chi connectivity index (χ3n) is 14.8. The summed E-state index contributed by atoms with van der Waals surface area (Å²) in [6.45, 7) is 3.12. The van der Waals surface area contributed by atoms with Gasteiger partial charge in [-0.15, -0.1) is 0 Å². The van der Waals surface area contributed by atoms with Crippen LogP contribution >= 0.6 is 0 Å². The van der Waals surface area contributed by atoms with E-state index in [-0.39, 0.29) is 23.6 Å². The van der Waals surface area contributed by atoms with Crippen LogP contribution in [0.1, 0.15) is 132 Å². The van der Waals surface area contributed by atoms with Gasteiger partial charge in [-0.05, 0) is 75.3 Å². The Morgan fingerprint density at radius 2 is 0.803 bits per heavy atom. The van der Waals surface area contributed by atoms with Crippen LogP contribution < -0.4 is 0 Å². The van der Waals surface area contributed by atoms with E-state index in [1.165, 1.54) is 48.3 Å². The van der Waals surface area contributed by atoms with Gasteiger partial charge < -0.3 is 19.8 Å². The molecule has 2 saturated heterocycles. The summed E-state index contributed by atoms with van der Waals surface area (Å²) in [6, 6.07) is 16.5. The van der Waals surface area contributed by atoms with Crippen LogP contribution in [0.25, 0.3) is 33.0 Å². The molecule has 0 atom stereocenters. The SMILES string of the molecule is CN1C(=O)C2=C(C1=O)N1CCC(CCCC3CCN(CC3)C3=C(C(=O)N(C)C3=O)c3c([nH]c4ccccc34)CCCCCCCCCCCCc3[nH]c4ccccc4c32)CC1. The Bertz CT molecular complexity index is 2200. The standard InChI is InChI=1S/C51H64N6O4/c1-54-48(58)44-42-36-20-13-15-22-38(36)52-40(42)24-11-9-7-5-3-4-6-8-10-12-25-41-43(37-21-14-16-23-39(37)53-41)45-47(51(61)55(2)49(45)59)57-32-28-35(29-33-57)19-17-18-34-26-30-56(31-27-34)46(44)50(54)60/h13-16,20-23,34-35,52-53H,3-12,17-19,24-33H2,1-2H3. The maximum atomic E-state index is 14.0. The van der Waals surface area contributed by atoms with Crippen LogP contribution in [-0.2, 0) is 32.0 Å². The molecule has 0 aliphatic carbocycles. The zero-order chi connectivity index (χ0) is 42.0. The van der Waals surface area contributed by atoms with E-state index in [0.717, 1.165) is 154 Å². The van der Waals surface area contributed by atoms with Crippen molar-refractivity contribution in [1.82, 2.24) is 29.6 Å². The number of para-hydroxylation sites is 2. The number of piperidine rings is 2. The van der Waals surface area contributed by atoms with Crippen LogP contribution in [0.15, 0.2) is 59.9 Å². The maximum Gasteiger partial charge on any atom is 0.277 e. The number of benzene rings is 2. The molecule has 2 aromatic heterocycles. The fourth-order valence-corrected chi connectivity index (χ4v) is 11.2. The first-order chi connectivity index (χ1) is 29.8. The van der Waals surface area contributed by atoms with E-state index in [1.807, 2.05) is 24.3 Å². The van der Waals surface area contributed by atoms with E-state index in [9.17, 15) is 19.2 Å². The van der Waals surface area contributed by atoms with Crippen LogP contribution in [-0.4, -0.2) is 93.5 Å². The lowest BCUT2D eigenvalue weighted by molar-refractivity contribution is -0.137. The molecule has 322 valence electrons. The van der Waals surface area contributed by atoms with E-state index in [2.05, 4.69) is 44.0 Å². The molecule has 7 aliphatic rings. The molecule has 2 fully saturated rings. The molecule has 0 saturated carbocycles. The fraction of sp³-hybridized carbons (Fsp3) is 0.529. The molecule has 0 radical (unpaired) electrons. The van der Waals surface area contributed by atoms with E-state index in [1.54, 1.807) is 14.1 Å². The second-order valence-corrected chi connectivity index (χ2v) is 18.7. The molecule has 10 heteroatoms. The molecule has 7 aliphatic heterocycles. The molecule has 4 bridgehead atoms. The number of hydrogen-bond acceptors (Lipinski definition) is 6. The quantitative estimate of drug-likeness (QED) is 0.171. The van der Waals surface area contributed by atoms with E-state index in [0.29, 0.717) is 34.4 Å². The number of rotatable bonds is 0. The number of nitrogens with zero attached hydrogens (tertiary/aromatic N) is 4. The summed E-state index contributed by atoms with van der Waals surface area (Å²) in [5.74, 6) is 0.451. The minimum Gasteiger partial charge on any atom is -0.366 e. The molecule has 0 spiro atoms. The molecule has 9 heterocycles. The van der Waals surface area contributed by atoms with E-state index >= 15 is 0 Å². The Balaban J connectivity index is 0.937. The van der Waals surface area contributed by atoms with Crippen LogP contribution in [0.4, 0.5) is 0 Å². The number of H-pyrrole nitrogens is 2. The van der Waals surface area contributed by atoms with Crippen molar-refractivity contribution in [2.45, 2.75) is 122 Å². The number of carbonyl (C=O) groups excluding carboxylic acids is 4. The van der Waals surface area contributed by atoms with Crippen molar-refractivity contribution in [2.75, 3.05) is 40.3 Å². The zero-order valence-corrected chi connectivity index (χ0v) is 36.5. The zero-order valence-electron chi connectivity index (χ0n) is 36.5. The highest BCUT2D eigenvalue weighted by Crippen LogP contribution is 2.41. The largest absolute Gasteiger partial charge is 0.366 e. The number of hydrogen-bond donors (Lipinski definition) is 2. The first-order valence-electron chi connectivity index (χ1n) is 23.6. The van der Waals surface area contributed by atoms with Crippen molar-refractivity contribution in [3.8, 4) is 0 Å². The molecular formula is C51H64N6O4. The van der Waals surface area contributed by atoms with Gasteiger partial charge in [-0.25, -0.2) is 0 Å². The molecule has 0 unspecified atom stereocenters. The van der Waals surface area contributed by atoms with Gasteiger partial charge in [0, 0.05) is 84.6 Å². The van der Waals surface area contributed by atoms with Gasteiger partial charge in [0.1, 0.15) is 11.4 Å². The molecule has 2 N–H and O–H groups in total. The summed E-state index contributed by atoms with van der Waals surface area (Å²) in [4.78, 5) is 70.2. The molecule has 10 nitrogen and oxygen atoms in total. The van der Waals surface area contributed by atoms with Gasteiger partial charge in [0.2, 0.25) is 0 Å². The first kappa shape index (κ1) is 41.2. The van der Waals surface area contributed by atoms with E-state index in [4.69, 9.17) is 0 Å². The second kappa shape index (κ2) is 18.1. The van der Waals surface area contributed by atoms with Gasteiger partial charge >= 0.3 is 0 Å². The first-order valence-corrected chi connectivity index (χ1v) is 23.6. The highest BCUT2D eigenvalue weighted by atomic mass is 16.2. The van der Waals surface area contributed by atoms with Crippen molar-refractivity contribution in [1.29, 1.82) is 0 Å². The lowest BCUT2D eigenvalue weighted by Crippen LogP contribution is -2.38. The monoisotopic (exact) mass is 824 g/mol. The van der Waals surface area contributed by atoms with Crippen molar-refractivity contribution >= 4 is 56.6 Å². The van der Waals surface area contributed by atoms with Gasteiger partial charge in [0.05, 0.1) is 11.1 Å². The molecule has 11 rings (SSSR count). The van der Waals surface area contributed by atoms with Gasteiger partial charge in [0.15, 0.2) is 0 Å². The predicted octanol–water partition coefficient (Wildman–Crippen LogP) is 9.36. The van der Waals surface area contributed by atoms with Crippen LogP contribution in [0, 0.1) is 11.8 Å². The van der Waals surface area contributed by atoms with E-state index < -0.39 is 0 Å². The topological polar surface area (TPSA) is 113 Å². The third kappa shape index (κ3) is 8.07. The Hall–Kier alpha value is -5.12. The van der Waals surface area contributed by atoms with Crippen molar-refractivity contribution in [2.24, 2.45) is 11.8 Å². The lowest BCUT2D eigenvalue weighted by atomic mass is 9.86. The lowest BCUT2D eigenvalue weighted by Gasteiger charge is -2.35. The average Bonchev–Trinajstić information content (AvgIpc) is 3.96. The minimum absolute atomic E-state index is 0.178. The number of aromatic nitrogens is 2.